The molecule has 3 rings (SSSR count). The van der Waals surface area contributed by atoms with Gasteiger partial charge >= 0.3 is 0 Å². The molecule has 3 amide bonds. The van der Waals surface area contributed by atoms with Crippen molar-refractivity contribution in [2.75, 3.05) is 26.2 Å². The number of aromatic hydroxyl groups is 1. The van der Waals surface area contributed by atoms with Crippen LogP contribution in [-0.2, 0) is 9.59 Å². The van der Waals surface area contributed by atoms with Crippen molar-refractivity contribution >= 4 is 50.8 Å². The van der Waals surface area contributed by atoms with Gasteiger partial charge in [0.2, 0.25) is 5.91 Å². The maximum Gasteiger partial charge on any atom is 0.294 e. The van der Waals surface area contributed by atoms with Gasteiger partial charge in [0.05, 0.1) is 16.0 Å². The van der Waals surface area contributed by atoms with Gasteiger partial charge in [-0.25, -0.2) is 0 Å². The molecule has 2 heterocycles. The number of ether oxygens (including phenoxy) is 1. The first-order valence-electron chi connectivity index (χ1n) is 9.48. The largest absolute Gasteiger partial charge is 0.503 e. The van der Waals surface area contributed by atoms with Gasteiger partial charge in [0, 0.05) is 13.1 Å². The van der Waals surface area contributed by atoms with Crippen LogP contribution in [0.1, 0.15) is 32.3 Å². The predicted molar refractivity (Wildman–Crippen MR) is 115 cm³/mol. The number of hydrogen-bond acceptors (Lipinski definition) is 6. The summed E-state index contributed by atoms with van der Waals surface area (Å²) in [6.07, 6.45) is 3.43. The zero-order valence-corrected chi connectivity index (χ0v) is 18.7. The van der Waals surface area contributed by atoms with Crippen LogP contribution in [-0.4, -0.2) is 58.2 Å². The molecule has 2 aliphatic heterocycles. The maximum atomic E-state index is 12.7. The fraction of sp³-hybridized carbons (Fsp3) is 0.450. The minimum absolute atomic E-state index is 0.0291. The van der Waals surface area contributed by atoms with Crippen molar-refractivity contribution in [2.45, 2.75) is 26.7 Å². The van der Waals surface area contributed by atoms with Crippen LogP contribution in [0.3, 0.4) is 0 Å². The first kappa shape index (κ1) is 21.7. The Morgan fingerprint density at radius 2 is 2.03 bits per heavy atom. The molecule has 1 aromatic carbocycles. The molecule has 0 atom stereocenters. The molecule has 0 saturated carbocycles. The first-order chi connectivity index (χ1) is 13.8. The molecule has 0 aromatic heterocycles. The van der Waals surface area contributed by atoms with E-state index in [1.54, 1.807) is 30.0 Å². The Morgan fingerprint density at radius 1 is 1.34 bits per heavy atom. The standard InChI is InChI=1S/C20H23BrN2O5S/c1-3-28-15-9-13(8-14(21)18(15)25)10-16-19(26)23(20(27)29-16)11-17(24)22-6-4-12(2)5-7-22/h8-10,12,25H,3-7,11H2,1-2H3. The average molecular weight is 483 g/mol. The summed E-state index contributed by atoms with van der Waals surface area (Å²) < 4.78 is 5.81. The van der Waals surface area contributed by atoms with E-state index in [4.69, 9.17) is 4.74 Å². The van der Waals surface area contributed by atoms with Gasteiger partial charge in [0.15, 0.2) is 11.5 Å². The van der Waals surface area contributed by atoms with Crippen molar-refractivity contribution in [3.63, 3.8) is 0 Å². The van der Waals surface area contributed by atoms with Crippen molar-refractivity contribution in [2.24, 2.45) is 5.92 Å². The second-order valence-corrected chi connectivity index (χ2v) is 8.96. The minimum atomic E-state index is -0.485. The number of phenols is 1. The summed E-state index contributed by atoms with van der Waals surface area (Å²) in [5, 5.41) is 9.56. The summed E-state index contributed by atoms with van der Waals surface area (Å²) in [7, 11) is 0. The normalized spacial score (nSPS) is 19.3. The first-order valence-corrected chi connectivity index (χ1v) is 11.1. The third-order valence-electron chi connectivity index (χ3n) is 4.95. The lowest BCUT2D eigenvalue weighted by Crippen LogP contribution is -2.45. The Kier molecular flexibility index (Phi) is 6.89. The lowest BCUT2D eigenvalue weighted by atomic mass is 9.99. The number of benzene rings is 1. The molecule has 0 aliphatic carbocycles. The maximum absolute atomic E-state index is 12.7. The number of halogens is 1. The van der Waals surface area contributed by atoms with Crippen molar-refractivity contribution in [1.29, 1.82) is 0 Å². The third kappa shape index (κ3) is 4.95. The van der Waals surface area contributed by atoms with Gasteiger partial charge in [0.25, 0.3) is 11.1 Å². The van der Waals surface area contributed by atoms with Crippen LogP contribution in [0.25, 0.3) is 6.08 Å². The highest BCUT2D eigenvalue weighted by Gasteiger charge is 2.37. The van der Waals surface area contributed by atoms with E-state index in [0.29, 0.717) is 35.7 Å². The highest BCUT2D eigenvalue weighted by atomic mass is 79.9. The molecule has 2 saturated heterocycles. The molecule has 0 unspecified atom stereocenters. The fourth-order valence-electron chi connectivity index (χ4n) is 3.22. The molecule has 2 fully saturated rings. The van der Waals surface area contributed by atoms with E-state index < -0.39 is 11.1 Å². The summed E-state index contributed by atoms with van der Waals surface area (Å²) in [5.41, 5.74) is 0.597. The molecule has 1 N–H and O–H groups in total. The second kappa shape index (κ2) is 9.21. The van der Waals surface area contributed by atoms with Crippen LogP contribution in [0.15, 0.2) is 21.5 Å². The molecule has 0 bridgehead atoms. The lowest BCUT2D eigenvalue weighted by molar-refractivity contribution is -0.136. The zero-order chi connectivity index (χ0) is 21.1. The molecule has 1 aromatic rings. The average Bonchev–Trinajstić information content (AvgIpc) is 2.93. The Balaban J connectivity index is 1.74. The molecule has 7 nitrogen and oxygen atoms in total. The Hall–Kier alpha value is -2.00. The van der Waals surface area contributed by atoms with E-state index in [2.05, 4.69) is 22.9 Å². The van der Waals surface area contributed by atoms with Crippen LogP contribution < -0.4 is 4.74 Å². The Bertz CT molecular complexity index is 865. The van der Waals surface area contributed by atoms with E-state index in [1.165, 1.54) is 0 Å². The number of likely N-dealkylation sites (tertiary alicyclic amines) is 1. The zero-order valence-electron chi connectivity index (χ0n) is 16.3. The summed E-state index contributed by atoms with van der Waals surface area (Å²) in [6.45, 7) is 5.41. The van der Waals surface area contributed by atoms with Crippen LogP contribution in [0.4, 0.5) is 4.79 Å². The van der Waals surface area contributed by atoms with Crippen LogP contribution in [0.5, 0.6) is 11.5 Å². The van der Waals surface area contributed by atoms with Crippen LogP contribution in [0.2, 0.25) is 0 Å². The number of imide groups is 1. The third-order valence-corrected chi connectivity index (χ3v) is 6.46. The molecule has 0 radical (unpaired) electrons. The highest BCUT2D eigenvalue weighted by molar-refractivity contribution is 9.10. The minimum Gasteiger partial charge on any atom is -0.503 e. The van der Waals surface area contributed by atoms with Crippen molar-refractivity contribution < 1.29 is 24.2 Å². The number of amides is 3. The number of nitrogens with zero attached hydrogens (tertiary/aromatic N) is 2. The van der Waals surface area contributed by atoms with Gasteiger partial charge < -0.3 is 14.7 Å². The number of piperidine rings is 1. The summed E-state index contributed by atoms with van der Waals surface area (Å²) >= 11 is 4.06. The predicted octanol–water partition coefficient (Wildman–Crippen LogP) is 3.85. The smallest absolute Gasteiger partial charge is 0.294 e. The lowest BCUT2D eigenvalue weighted by Gasteiger charge is -2.31. The van der Waals surface area contributed by atoms with Crippen molar-refractivity contribution in [3.8, 4) is 11.5 Å². The van der Waals surface area contributed by atoms with Gasteiger partial charge in [-0.1, -0.05) is 6.92 Å². The number of thioether (sulfide) groups is 1. The summed E-state index contributed by atoms with van der Waals surface area (Å²) in [6, 6.07) is 3.23. The monoisotopic (exact) mass is 482 g/mol. The number of hydrogen-bond donors (Lipinski definition) is 1. The molecule has 29 heavy (non-hydrogen) atoms. The van der Waals surface area contributed by atoms with Gasteiger partial charge in [-0.3, -0.25) is 19.3 Å². The number of phenolic OH excluding ortho intramolecular Hbond substituents is 1. The molecular formula is C20H23BrN2O5S. The summed E-state index contributed by atoms with van der Waals surface area (Å²) in [4.78, 5) is 40.5. The van der Waals surface area contributed by atoms with Crippen molar-refractivity contribution in [3.05, 3.63) is 27.1 Å². The molecule has 156 valence electrons. The van der Waals surface area contributed by atoms with Crippen LogP contribution >= 0.6 is 27.7 Å². The number of carbonyl (C=O) groups is 3. The van der Waals surface area contributed by atoms with Gasteiger partial charge in [-0.15, -0.1) is 0 Å². The van der Waals surface area contributed by atoms with Crippen LogP contribution in [0, 0.1) is 5.92 Å². The van der Waals surface area contributed by atoms with E-state index in [-0.39, 0.29) is 28.9 Å². The Labute approximate surface area is 182 Å². The van der Waals surface area contributed by atoms with Gasteiger partial charge in [-0.2, -0.15) is 0 Å². The SMILES string of the molecule is CCOc1cc(C=C2SC(=O)N(CC(=O)N3CCC(C)CC3)C2=O)cc(Br)c1O. The molecule has 0 spiro atoms. The van der Waals surface area contributed by atoms with Gasteiger partial charge in [-0.05, 0) is 77.1 Å². The number of rotatable bonds is 5. The Morgan fingerprint density at radius 3 is 2.69 bits per heavy atom. The van der Waals surface area contributed by atoms with E-state index in [0.717, 1.165) is 29.5 Å². The quantitative estimate of drug-likeness (QED) is 0.641. The molecule has 9 heteroatoms. The van der Waals surface area contributed by atoms with E-state index in [1.807, 2.05) is 0 Å². The highest BCUT2D eigenvalue weighted by Crippen LogP contribution is 2.38. The van der Waals surface area contributed by atoms with Crippen molar-refractivity contribution in [1.82, 2.24) is 9.80 Å². The second-order valence-electron chi connectivity index (χ2n) is 7.11. The topological polar surface area (TPSA) is 87.2 Å². The number of carbonyl (C=O) groups excluding carboxylic acids is 3. The summed E-state index contributed by atoms with van der Waals surface area (Å²) in [5.74, 6) is 0.151. The van der Waals surface area contributed by atoms with E-state index >= 15 is 0 Å². The molecular weight excluding hydrogens is 460 g/mol. The molecule has 2 aliphatic rings. The van der Waals surface area contributed by atoms with E-state index in [9.17, 15) is 19.5 Å². The van der Waals surface area contributed by atoms with Gasteiger partial charge in [0.1, 0.15) is 6.54 Å². The fourth-order valence-corrected chi connectivity index (χ4v) is 4.52.